The standard InChI is InChI=1S/C18H29NO2/c1-12(2)16-14-7-13-8-15(16)11-18(9-13,10-14)17(20)19-3-5-21-6-4-19/h12-16H,3-11H2,1-2H3. The molecule has 2 atom stereocenters. The fourth-order valence-electron chi connectivity index (χ4n) is 6.52. The first-order valence-electron chi connectivity index (χ1n) is 8.96. The first-order valence-corrected chi connectivity index (χ1v) is 8.96. The molecular weight excluding hydrogens is 262 g/mol. The van der Waals surface area contributed by atoms with Gasteiger partial charge in [-0.1, -0.05) is 13.8 Å². The lowest BCUT2D eigenvalue weighted by Gasteiger charge is -2.61. The van der Waals surface area contributed by atoms with Crippen LogP contribution in [0.1, 0.15) is 46.0 Å². The third-order valence-electron chi connectivity index (χ3n) is 6.87. The second-order valence-electron chi connectivity index (χ2n) is 8.48. The van der Waals surface area contributed by atoms with Crippen molar-refractivity contribution in [3.05, 3.63) is 0 Å². The molecule has 21 heavy (non-hydrogen) atoms. The summed E-state index contributed by atoms with van der Waals surface area (Å²) in [5, 5.41) is 0. The van der Waals surface area contributed by atoms with Gasteiger partial charge in [0.15, 0.2) is 0 Å². The Balaban J connectivity index is 1.57. The fourth-order valence-corrected chi connectivity index (χ4v) is 6.52. The Kier molecular flexibility index (Phi) is 3.33. The van der Waals surface area contributed by atoms with Crippen molar-refractivity contribution in [2.24, 2.45) is 35.0 Å². The van der Waals surface area contributed by atoms with Gasteiger partial charge in [-0.3, -0.25) is 4.79 Å². The minimum atomic E-state index is 0.0131. The number of hydrogen-bond acceptors (Lipinski definition) is 2. The molecule has 5 aliphatic rings. The third-order valence-corrected chi connectivity index (χ3v) is 6.87. The van der Waals surface area contributed by atoms with Crippen LogP contribution in [0.5, 0.6) is 0 Å². The van der Waals surface area contributed by atoms with Gasteiger partial charge in [-0.25, -0.2) is 0 Å². The Bertz CT molecular complexity index is 411. The van der Waals surface area contributed by atoms with E-state index in [0.717, 1.165) is 55.9 Å². The van der Waals surface area contributed by atoms with Crippen LogP contribution in [-0.2, 0) is 9.53 Å². The molecule has 0 aromatic carbocycles. The lowest BCUT2D eigenvalue weighted by atomic mass is 9.44. The van der Waals surface area contributed by atoms with Gasteiger partial charge >= 0.3 is 0 Å². The summed E-state index contributed by atoms with van der Waals surface area (Å²) in [6, 6.07) is 0. The molecule has 3 heteroatoms. The highest BCUT2D eigenvalue weighted by molar-refractivity contribution is 5.83. The predicted molar refractivity (Wildman–Crippen MR) is 81.7 cm³/mol. The van der Waals surface area contributed by atoms with Crippen LogP contribution in [0.4, 0.5) is 0 Å². The molecule has 0 aromatic rings. The summed E-state index contributed by atoms with van der Waals surface area (Å²) in [5.74, 6) is 4.63. The van der Waals surface area contributed by atoms with Gasteiger partial charge in [0.05, 0.1) is 18.6 Å². The molecule has 5 fully saturated rings. The van der Waals surface area contributed by atoms with Crippen molar-refractivity contribution < 1.29 is 9.53 Å². The van der Waals surface area contributed by atoms with Crippen LogP contribution < -0.4 is 0 Å². The third kappa shape index (κ3) is 2.15. The van der Waals surface area contributed by atoms with Crippen LogP contribution in [0.3, 0.4) is 0 Å². The van der Waals surface area contributed by atoms with Gasteiger partial charge in [-0.15, -0.1) is 0 Å². The van der Waals surface area contributed by atoms with Crippen molar-refractivity contribution >= 4 is 5.91 Å². The van der Waals surface area contributed by atoms with Crippen LogP contribution in [0.25, 0.3) is 0 Å². The average Bonchev–Trinajstić information content (AvgIpc) is 2.46. The van der Waals surface area contributed by atoms with Crippen LogP contribution in [0.15, 0.2) is 0 Å². The zero-order valence-electron chi connectivity index (χ0n) is 13.5. The smallest absolute Gasteiger partial charge is 0.228 e. The normalized spacial score (nSPS) is 45.4. The van der Waals surface area contributed by atoms with Crippen LogP contribution in [-0.4, -0.2) is 37.1 Å². The Morgan fingerprint density at radius 2 is 1.71 bits per heavy atom. The first kappa shape index (κ1) is 14.0. The summed E-state index contributed by atoms with van der Waals surface area (Å²) >= 11 is 0. The van der Waals surface area contributed by atoms with Gasteiger partial charge < -0.3 is 9.64 Å². The molecule has 0 spiro atoms. The molecule has 118 valence electrons. The first-order chi connectivity index (χ1) is 10.1. The van der Waals surface area contributed by atoms with Crippen molar-refractivity contribution in [3.8, 4) is 0 Å². The van der Waals surface area contributed by atoms with E-state index in [1.54, 1.807) is 0 Å². The summed E-state index contributed by atoms with van der Waals surface area (Å²) in [6.45, 7) is 7.87. The number of amides is 1. The number of hydrogen-bond donors (Lipinski definition) is 0. The molecular formula is C18H29NO2. The highest BCUT2D eigenvalue weighted by atomic mass is 16.5. The van der Waals surface area contributed by atoms with Gasteiger partial charge in [-0.2, -0.15) is 0 Å². The maximum atomic E-state index is 13.2. The summed E-state index contributed by atoms with van der Waals surface area (Å²) in [6.07, 6.45) is 6.34. The van der Waals surface area contributed by atoms with Crippen molar-refractivity contribution in [1.29, 1.82) is 0 Å². The predicted octanol–water partition coefficient (Wildman–Crippen LogP) is 2.94. The minimum Gasteiger partial charge on any atom is -0.378 e. The van der Waals surface area contributed by atoms with E-state index in [9.17, 15) is 4.79 Å². The molecule has 0 radical (unpaired) electrons. The molecule has 0 N–H and O–H groups in total. The van der Waals surface area contributed by atoms with Crippen molar-refractivity contribution in [2.75, 3.05) is 26.3 Å². The number of nitrogens with zero attached hydrogens (tertiary/aromatic N) is 1. The van der Waals surface area contributed by atoms with E-state index in [1.807, 2.05) is 0 Å². The number of morpholine rings is 1. The van der Waals surface area contributed by atoms with E-state index in [-0.39, 0.29) is 5.41 Å². The topological polar surface area (TPSA) is 29.5 Å². The zero-order valence-corrected chi connectivity index (χ0v) is 13.5. The minimum absolute atomic E-state index is 0.0131. The molecule has 0 aromatic heterocycles. The summed E-state index contributed by atoms with van der Waals surface area (Å²) in [5.41, 5.74) is 0.0131. The molecule has 3 nitrogen and oxygen atoms in total. The van der Waals surface area contributed by atoms with E-state index in [0.29, 0.717) is 5.91 Å². The van der Waals surface area contributed by atoms with Gasteiger partial charge in [0.2, 0.25) is 5.91 Å². The van der Waals surface area contributed by atoms with Gasteiger partial charge in [0.25, 0.3) is 0 Å². The van der Waals surface area contributed by atoms with E-state index >= 15 is 0 Å². The van der Waals surface area contributed by atoms with E-state index < -0.39 is 0 Å². The van der Waals surface area contributed by atoms with Gasteiger partial charge in [0, 0.05) is 13.1 Å². The van der Waals surface area contributed by atoms with Gasteiger partial charge in [0.1, 0.15) is 0 Å². The molecule has 5 rings (SSSR count). The van der Waals surface area contributed by atoms with Crippen molar-refractivity contribution in [1.82, 2.24) is 4.90 Å². The SMILES string of the molecule is CC(C)C1C2CC3CC1CC(C(=O)N1CCOCC1)(C3)C2. The van der Waals surface area contributed by atoms with E-state index in [4.69, 9.17) is 4.74 Å². The van der Waals surface area contributed by atoms with Crippen LogP contribution >= 0.6 is 0 Å². The Labute approximate surface area is 128 Å². The highest BCUT2D eigenvalue weighted by Gasteiger charge is 2.59. The number of ether oxygens (including phenoxy) is 1. The van der Waals surface area contributed by atoms with E-state index in [1.165, 1.54) is 32.1 Å². The molecule has 1 saturated heterocycles. The molecule has 4 saturated carbocycles. The van der Waals surface area contributed by atoms with Gasteiger partial charge in [-0.05, 0) is 61.7 Å². The molecule has 4 bridgehead atoms. The molecule has 2 unspecified atom stereocenters. The van der Waals surface area contributed by atoms with Crippen LogP contribution in [0, 0.1) is 35.0 Å². The van der Waals surface area contributed by atoms with Crippen LogP contribution in [0.2, 0.25) is 0 Å². The number of carbonyl (C=O) groups is 1. The maximum absolute atomic E-state index is 13.2. The summed E-state index contributed by atoms with van der Waals surface area (Å²) in [4.78, 5) is 15.3. The quantitative estimate of drug-likeness (QED) is 0.783. The Morgan fingerprint density at radius 1 is 1.10 bits per heavy atom. The maximum Gasteiger partial charge on any atom is 0.228 e. The number of rotatable bonds is 2. The highest BCUT2D eigenvalue weighted by Crippen LogP contribution is 2.64. The summed E-state index contributed by atoms with van der Waals surface area (Å²) < 4.78 is 5.42. The monoisotopic (exact) mass is 291 g/mol. The molecule has 1 amide bonds. The Hall–Kier alpha value is -0.570. The summed E-state index contributed by atoms with van der Waals surface area (Å²) in [7, 11) is 0. The molecule has 1 aliphatic heterocycles. The number of carbonyl (C=O) groups excluding carboxylic acids is 1. The Morgan fingerprint density at radius 3 is 2.29 bits per heavy atom. The largest absolute Gasteiger partial charge is 0.378 e. The van der Waals surface area contributed by atoms with Crippen molar-refractivity contribution in [3.63, 3.8) is 0 Å². The average molecular weight is 291 g/mol. The molecule has 4 aliphatic carbocycles. The lowest BCUT2D eigenvalue weighted by Crippen LogP contribution is -2.59. The lowest BCUT2D eigenvalue weighted by molar-refractivity contribution is -0.170. The molecule has 1 heterocycles. The second-order valence-corrected chi connectivity index (χ2v) is 8.48. The zero-order chi connectivity index (χ0) is 14.6. The van der Waals surface area contributed by atoms with E-state index in [2.05, 4.69) is 18.7 Å². The fraction of sp³-hybridized carbons (Fsp3) is 0.944. The second kappa shape index (κ2) is 4.97. The van der Waals surface area contributed by atoms with Crippen molar-refractivity contribution in [2.45, 2.75) is 46.0 Å².